The van der Waals surface area contributed by atoms with E-state index >= 15 is 0 Å². The van der Waals surface area contributed by atoms with Crippen molar-refractivity contribution in [2.24, 2.45) is 5.41 Å². The molecule has 0 radical (unpaired) electrons. The highest BCUT2D eigenvalue weighted by Crippen LogP contribution is 2.71. The van der Waals surface area contributed by atoms with Crippen LogP contribution in [0.25, 0.3) is 11.1 Å². The predicted octanol–water partition coefficient (Wildman–Crippen LogP) is 14.2. The van der Waals surface area contributed by atoms with E-state index in [0.717, 1.165) is 38.9 Å². The van der Waals surface area contributed by atoms with Gasteiger partial charge in [-0.3, -0.25) is 9.05 Å². The van der Waals surface area contributed by atoms with Crippen LogP contribution >= 0.6 is 17.2 Å². The van der Waals surface area contributed by atoms with Crippen LogP contribution in [0.5, 0.6) is 23.0 Å². The summed E-state index contributed by atoms with van der Waals surface area (Å²) in [5.74, 6) is 2.49. The lowest BCUT2D eigenvalue weighted by atomic mass is 9.66. The molecule has 2 heterocycles. The monoisotopic (exact) mass is 884 g/mol. The lowest BCUT2D eigenvalue weighted by Crippen LogP contribution is -2.48. The molecule has 2 aliphatic heterocycles. The van der Waals surface area contributed by atoms with Crippen LogP contribution in [0.3, 0.4) is 0 Å². The first-order chi connectivity index (χ1) is 30.1. The van der Waals surface area contributed by atoms with Crippen molar-refractivity contribution in [2.45, 2.75) is 77.4 Å². The van der Waals surface area contributed by atoms with Gasteiger partial charge in [0.1, 0.15) is 23.0 Å². The summed E-state index contributed by atoms with van der Waals surface area (Å²) in [6.45, 7) is 18.2. The Balaban J connectivity index is 1.40. The minimum atomic E-state index is -2.21. The summed E-state index contributed by atoms with van der Waals surface area (Å²) >= 11 is 0. The molecular weight excluding hydrogens is 827 g/mol. The van der Waals surface area contributed by atoms with Crippen molar-refractivity contribution in [3.8, 4) is 34.1 Å². The molecule has 328 valence electrons. The molecule has 0 amide bonds. The van der Waals surface area contributed by atoms with Gasteiger partial charge in [-0.15, -0.1) is 0 Å². The number of ether oxygens (including phenoxy) is 2. The van der Waals surface area contributed by atoms with Gasteiger partial charge in [-0.05, 0) is 57.3 Å². The molecule has 2 saturated heterocycles. The summed E-state index contributed by atoms with van der Waals surface area (Å²) in [4.78, 5) is 0. The molecule has 0 bridgehead atoms. The second-order valence-electron chi connectivity index (χ2n) is 19.0. The number of hydrogen-bond acceptors (Lipinski definition) is 8. The van der Waals surface area contributed by atoms with E-state index in [0.29, 0.717) is 41.8 Å². The van der Waals surface area contributed by atoms with E-state index in [9.17, 15) is 0 Å². The lowest BCUT2D eigenvalue weighted by Gasteiger charge is -2.43. The summed E-state index contributed by atoms with van der Waals surface area (Å²) < 4.78 is 54.4. The van der Waals surface area contributed by atoms with E-state index in [2.05, 4.69) is 104 Å². The molecular formula is C53H58O8P2. The first-order valence-corrected chi connectivity index (χ1v) is 23.6. The van der Waals surface area contributed by atoms with Gasteiger partial charge in [0.05, 0.1) is 27.4 Å². The fraction of sp³-hybridized carbons (Fsp3) is 0.321. The quantitative estimate of drug-likeness (QED) is 0.119. The van der Waals surface area contributed by atoms with Crippen LogP contribution in [0.4, 0.5) is 0 Å². The van der Waals surface area contributed by atoms with Crippen molar-refractivity contribution in [1.29, 1.82) is 0 Å². The molecule has 0 spiro atoms. The molecule has 2 aliphatic rings. The third kappa shape index (κ3) is 8.63. The van der Waals surface area contributed by atoms with Gasteiger partial charge in [0, 0.05) is 27.7 Å². The van der Waals surface area contributed by atoms with Crippen molar-refractivity contribution in [2.75, 3.05) is 27.4 Å². The highest BCUT2D eigenvalue weighted by Gasteiger charge is 2.67. The zero-order valence-electron chi connectivity index (χ0n) is 37.9. The molecule has 8 rings (SSSR count). The van der Waals surface area contributed by atoms with E-state index in [1.54, 1.807) is 14.2 Å². The SMILES string of the molecule is COc1cc(-c2cc(OC)cc(C(C)(C)C)c2OP2OC(c3ccccc3)(c3ccccc3)C(c3ccccc3)(c3ccccc3)O2)c(OP2OCC(C)(C)CO2)c(C(C)(C)C)c1. The fourth-order valence-electron chi connectivity index (χ4n) is 8.34. The molecule has 0 N–H and O–H groups in total. The van der Waals surface area contributed by atoms with Crippen LogP contribution in [0.15, 0.2) is 146 Å². The number of methoxy groups -OCH3 is 2. The van der Waals surface area contributed by atoms with Gasteiger partial charge in [0.15, 0.2) is 11.2 Å². The predicted molar refractivity (Wildman–Crippen MR) is 253 cm³/mol. The number of rotatable bonds is 11. The summed E-state index contributed by atoms with van der Waals surface area (Å²) in [6.07, 6.45) is 0. The van der Waals surface area contributed by atoms with Crippen molar-refractivity contribution < 1.29 is 36.6 Å². The average molecular weight is 885 g/mol. The van der Waals surface area contributed by atoms with Gasteiger partial charge in [-0.1, -0.05) is 177 Å². The molecule has 8 nitrogen and oxygen atoms in total. The Hall–Kier alpha value is -4.78. The van der Waals surface area contributed by atoms with Crippen LogP contribution in [-0.2, 0) is 40.1 Å². The van der Waals surface area contributed by atoms with Crippen molar-refractivity contribution in [3.05, 3.63) is 179 Å². The molecule has 6 aromatic carbocycles. The number of hydrogen-bond donors (Lipinski definition) is 0. The highest BCUT2D eigenvalue weighted by molar-refractivity contribution is 7.42. The first kappa shape index (κ1) is 44.8. The van der Waals surface area contributed by atoms with E-state index < -0.39 is 33.8 Å². The van der Waals surface area contributed by atoms with E-state index in [-0.39, 0.29) is 10.8 Å². The van der Waals surface area contributed by atoms with E-state index in [1.165, 1.54) is 0 Å². The summed E-state index contributed by atoms with van der Waals surface area (Å²) in [6, 6.07) is 49.4. The smallest absolute Gasteiger partial charge is 0.400 e. The zero-order chi connectivity index (χ0) is 44.6. The van der Waals surface area contributed by atoms with Gasteiger partial charge in [-0.25, -0.2) is 0 Å². The summed E-state index contributed by atoms with van der Waals surface area (Å²) in [5.41, 5.74) is 3.48. The molecule has 6 aromatic rings. The van der Waals surface area contributed by atoms with Gasteiger partial charge in [0.2, 0.25) is 0 Å². The second-order valence-corrected chi connectivity index (χ2v) is 21.1. The molecule has 0 aliphatic carbocycles. The second kappa shape index (κ2) is 17.7. The molecule has 0 atom stereocenters. The van der Waals surface area contributed by atoms with Crippen molar-refractivity contribution >= 4 is 17.2 Å². The van der Waals surface area contributed by atoms with Crippen LogP contribution in [-0.4, -0.2) is 27.4 Å². The number of benzene rings is 6. The van der Waals surface area contributed by atoms with Gasteiger partial charge >= 0.3 is 17.2 Å². The zero-order valence-corrected chi connectivity index (χ0v) is 39.7. The Morgan fingerprint density at radius 2 is 0.778 bits per heavy atom. The Morgan fingerprint density at radius 1 is 0.460 bits per heavy atom. The first-order valence-electron chi connectivity index (χ1n) is 21.4. The highest BCUT2D eigenvalue weighted by atomic mass is 31.2. The standard InChI is InChI=1S/C53H58O8P2/c1-49(2,3)45-33-41(54-9)31-43(47(45)58-62-56-35-51(7,8)36-57-62)44-32-42(55-10)34-46(50(4,5)6)48(44)59-63-60-52(37-23-15-11-16-24-37,38-25-17-12-18-26-38)53(61-63,39-27-19-13-20-28-39)40-29-21-14-22-30-40/h11-34H,35-36H2,1-10H3. The molecule has 63 heavy (non-hydrogen) atoms. The Kier molecular flexibility index (Phi) is 12.6. The third-order valence-electron chi connectivity index (χ3n) is 11.6. The van der Waals surface area contributed by atoms with Crippen LogP contribution in [0.2, 0.25) is 0 Å². The summed E-state index contributed by atoms with van der Waals surface area (Å²) in [7, 11) is -0.594. The molecule has 0 saturated carbocycles. The normalized spacial score (nSPS) is 17.6. The Labute approximate surface area is 375 Å². The van der Waals surface area contributed by atoms with Gasteiger partial charge < -0.3 is 27.6 Å². The fourth-order valence-corrected chi connectivity index (χ4v) is 11.4. The maximum Gasteiger partial charge on any atom is 0.400 e. The van der Waals surface area contributed by atoms with Crippen LogP contribution in [0.1, 0.15) is 88.8 Å². The maximum absolute atomic E-state index is 7.66. The lowest BCUT2D eigenvalue weighted by molar-refractivity contribution is 0.00370. The molecule has 0 unspecified atom stereocenters. The Morgan fingerprint density at radius 3 is 1.08 bits per heavy atom. The molecule has 10 heteroatoms. The molecule has 2 fully saturated rings. The largest absolute Gasteiger partial charge is 0.497 e. The van der Waals surface area contributed by atoms with Gasteiger partial charge in [0.25, 0.3) is 0 Å². The minimum Gasteiger partial charge on any atom is -0.497 e. The van der Waals surface area contributed by atoms with Gasteiger partial charge in [-0.2, -0.15) is 0 Å². The Bertz CT molecular complexity index is 2320. The van der Waals surface area contributed by atoms with E-state index in [4.69, 9.17) is 36.6 Å². The van der Waals surface area contributed by atoms with Crippen LogP contribution in [0, 0.1) is 5.41 Å². The van der Waals surface area contributed by atoms with E-state index in [1.807, 2.05) is 97.1 Å². The minimum absolute atomic E-state index is 0.139. The topological polar surface area (TPSA) is 73.8 Å². The van der Waals surface area contributed by atoms with Crippen LogP contribution < -0.4 is 18.5 Å². The summed E-state index contributed by atoms with van der Waals surface area (Å²) in [5, 5.41) is 0. The average Bonchev–Trinajstić information content (AvgIpc) is 3.64. The maximum atomic E-state index is 7.66. The molecule has 0 aromatic heterocycles. The van der Waals surface area contributed by atoms with Crippen molar-refractivity contribution in [3.63, 3.8) is 0 Å². The van der Waals surface area contributed by atoms with Crippen molar-refractivity contribution in [1.82, 2.24) is 0 Å². The third-order valence-corrected chi connectivity index (χ3v) is 13.8.